The van der Waals surface area contributed by atoms with E-state index in [1.807, 2.05) is 0 Å². The van der Waals surface area contributed by atoms with E-state index < -0.39 is 23.1 Å². The van der Waals surface area contributed by atoms with E-state index in [9.17, 15) is 18.0 Å². The summed E-state index contributed by atoms with van der Waals surface area (Å²) in [5, 5.41) is 6.51. The highest BCUT2D eigenvalue weighted by molar-refractivity contribution is 6.01. The molecule has 4 N–H and O–H groups in total. The lowest BCUT2D eigenvalue weighted by Crippen LogP contribution is -2.37. The highest BCUT2D eigenvalue weighted by atomic mass is 19.1. The summed E-state index contributed by atoms with van der Waals surface area (Å²) >= 11 is 0. The summed E-state index contributed by atoms with van der Waals surface area (Å²) in [6.07, 6.45) is 5.98. The molecule has 2 aromatic rings. The number of benzene rings is 1. The van der Waals surface area contributed by atoms with Gasteiger partial charge < -0.3 is 21.1 Å². The number of hydrogen-bond donors (Lipinski definition) is 3. The molecule has 186 valence electrons. The maximum absolute atomic E-state index is 14.3. The van der Waals surface area contributed by atoms with Crippen LogP contribution in [-0.2, 0) is 16.0 Å². The molecule has 1 aliphatic carbocycles. The van der Waals surface area contributed by atoms with Crippen LogP contribution >= 0.6 is 0 Å². The van der Waals surface area contributed by atoms with Crippen LogP contribution in [-0.4, -0.2) is 41.0 Å². The van der Waals surface area contributed by atoms with Gasteiger partial charge in [-0.25, -0.2) is 28.1 Å². The molecule has 5 rings (SSSR count). The smallest absolute Gasteiger partial charge is 0.223 e. The lowest BCUT2D eigenvalue weighted by atomic mass is 9.84. The van der Waals surface area contributed by atoms with E-state index in [1.54, 1.807) is 6.20 Å². The Hall–Kier alpha value is -3.21. The topological polar surface area (TPSA) is 115 Å². The number of ether oxygens (including phenoxy) is 1. The van der Waals surface area contributed by atoms with Gasteiger partial charge in [-0.1, -0.05) is 0 Å². The summed E-state index contributed by atoms with van der Waals surface area (Å²) < 4.78 is 47.5. The Morgan fingerprint density at radius 3 is 2.54 bits per heavy atom. The highest BCUT2D eigenvalue weighted by Crippen LogP contribution is 2.35. The first-order chi connectivity index (χ1) is 16.9. The number of fused-ring (bicyclic) bond motifs is 1. The molecule has 2 atom stereocenters. The van der Waals surface area contributed by atoms with Gasteiger partial charge in [-0.15, -0.1) is 0 Å². The number of halogens is 3. The summed E-state index contributed by atoms with van der Waals surface area (Å²) in [4.78, 5) is 24.8. The van der Waals surface area contributed by atoms with E-state index >= 15 is 0 Å². The van der Waals surface area contributed by atoms with Gasteiger partial charge in [0.05, 0.1) is 24.2 Å². The van der Waals surface area contributed by atoms with E-state index in [1.165, 1.54) is 0 Å². The Balaban J connectivity index is 1.38. The van der Waals surface area contributed by atoms with Crippen LogP contribution in [0.5, 0.6) is 0 Å². The average Bonchev–Trinajstić information content (AvgIpc) is 3.36. The number of carbonyl (C=O) groups excluding carboxylic acids is 1. The zero-order chi connectivity index (χ0) is 24.5. The first-order valence-corrected chi connectivity index (χ1v) is 11.9. The van der Waals surface area contributed by atoms with Crippen LogP contribution in [0, 0.1) is 35.2 Å². The van der Waals surface area contributed by atoms with Gasteiger partial charge in [0.15, 0.2) is 11.6 Å². The van der Waals surface area contributed by atoms with Crippen molar-refractivity contribution in [3.63, 3.8) is 0 Å². The van der Waals surface area contributed by atoms with Gasteiger partial charge in [0, 0.05) is 43.0 Å². The second-order valence-corrected chi connectivity index (χ2v) is 9.42. The van der Waals surface area contributed by atoms with Crippen LogP contribution in [0.25, 0.3) is 0 Å². The normalized spacial score (nSPS) is 27.3. The van der Waals surface area contributed by atoms with Crippen LogP contribution in [0.15, 0.2) is 23.3 Å². The van der Waals surface area contributed by atoms with E-state index in [-0.39, 0.29) is 29.7 Å². The lowest BCUT2D eigenvalue weighted by Gasteiger charge is -2.31. The van der Waals surface area contributed by atoms with Crippen molar-refractivity contribution in [3.8, 4) is 0 Å². The fourth-order valence-corrected chi connectivity index (χ4v) is 5.12. The summed E-state index contributed by atoms with van der Waals surface area (Å²) in [6.45, 7) is 1.11. The zero-order valence-corrected chi connectivity index (χ0v) is 19.1. The van der Waals surface area contributed by atoms with Gasteiger partial charge in [0.2, 0.25) is 11.9 Å². The maximum atomic E-state index is 14.3. The van der Waals surface area contributed by atoms with Gasteiger partial charge in [0.1, 0.15) is 17.3 Å². The number of primary amides is 1. The number of amidine groups is 1. The van der Waals surface area contributed by atoms with E-state index in [0.717, 1.165) is 37.8 Å². The monoisotopic (exact) mass is 488 g/mol. The number of rotatable bonds is 5. The van der Waals surface area contributed by atoms with Gasteiger partial charge in [-0.2, -0.15) is 0 Å². The molecule has 1 amide bonds. The van der Waals surface area contributed by atoms with Crippen molar-refractivity contribution in [1.29, 1.82) is 0 Å². The SMILES string of the molecule is NC(=O)C1CCC(Nc2ncc3c(n2)CC([C@@H]2CCOC2)C(=Nc2c(F)cc(F)cc2F)N3)CC1. The molecule has 2 fully saturated rings. The Morgan fingerprint density at radius 2 is 1.89 bits per heavy atom. The predicted molar refractivity (Wildman–Crippen MR) is 124 cm³/mol. The number of aliphatic imine (C=N–C) groups is 1. The minimum Gasteiger partial charge on any atom is -0.381 e. The largest absolute Gasteiger partial charge is 0.381 e. The number of nitrogens with one attached hydrogen (secondary N) is 2. The van der Waals surface area contributed by atoms with Crippen molar-refractivity contribution in [1.82, 2.24) is 9.97 Å². The first kappa shape index (κ1) is 23.5. The summed E-state index contributed by atoms with van der Waals surface area (Å²) in [5.74, 6) is -2.69. The fraction of sp³-hybridized carbons (Fsp3) is 0.500. The number of anilines is 2. The van der Waals surface area contributed by atoms with Gasteiger partial charge in [-0.3, -0.25) is 4.79 Å². The number of nitrogens with zero attached hydrogens (tertiary/aromatic N) is 3. The summed E-state index contributed by atoms with van der Waals surface area (Å²) in [5.41, 5.74) is 6.26. The lowest BCUT2D eigenvalue weighted by molar-refractivity contribution is -0.122. The molecule has 11 heteroatoms. The van der Waals surface area contributed by atoms with E-state index in [4.69, 9.17) is 15.5 Å². The minimum absolute atomic E-state index is 0.0791. The molecule has 1 saturated heterocycles. The molecular weight excluding hydrogens is 461 g/mol. The van der Waals surface area contributed by atoms with Crippen LogP contribution in [0.3, 0.4) is 0 Å². The van der Waals surface area contributed by atoms with Crippen LogP contribution in [0.4, 0.5) is 30.5 Å². The van der Waals surface area contributed by atoms with Gasteiger partial charge in [-0.05, 0) is 38.0 Å². The molecule has 2 aliphatic heterocycles. The molecule has 0 radical (unpaired) electrons. The Kier molecular flexibility index (Phi) is 6.59. The third-order valence-corrected chi connectivity index (χ3v) is 7.11. The van der Waals surface area contributed by atoms with Gasteiger partial charge >= 0.3 is 0 Å². The molecule has 0 bridgehead atoms. The van der Waals surface area contributed by atoms with Crippen LogP contribution in [0.1, 0.15) is 37.8 Å². The second kappa shape index (κ2) is 9.80. The average molecular weight is 489 g/mol. The molecule has 1 unspecified atom stereocenters. The molecular formula is C24H27F3N6O2. The van der Waals surface area contributed by atoms with Crippen LogP contribution < -0.4 is 16.4 Å². The molecule has 1 saturated carbocycles. The molecule has 0 spiro atoms. The number of carbonyl (C=O) groups is 1. The van der Waals surface area contributed by atoms with Crippen molar-refractivity contribution in [2.45, 2.75) is 44.6 Å². The Labute approximate surface area is 200 Å². The second-order valence-electron chi connectivity index (χ2n) is 9.42. The van der Waals surface area contributed by atoms with Crippen molar-refractivity contribution in [3.05, 3.63) is 41.5 Å². The Morgan fingerprint density at radius 1 is 1.14 bits per heavy atom. The zero-order valence-electron chi connectivity index (χ0n) is 19.1. The number of aromatic nitrogens is 2. The van der Waals surface area contributed by atoms with Crippen LogP contribution in [0.2, 0.25) is 0 Å². The molecule has 35 heavy (non-hydrogen) atoms. The van der Waals surface area contributed by atoms with Crippen molar-refractivity contribution in [2.24, 2.45) is 28.5 Å². The Bertz CT molecular complexity index is 1120. The first-order valence-electron chi connectivity index (χ1n) is 11.9. The highest BCUT2D eigenvalue weighted by Gasteiger charge is 2.35. The standard InChI is InChI=1S/C24H27F3N6O2/c25-14-7-17(26)21(18(27)8-14)33-23-16(13-5-6-35-11-13)9-19-20(31-23)10-29-24(32-19)30-15-3-1-12(2-4-15)22(28)34/h7-8,10,12-13,15-16H,1-6,9,11H2,(H2,28,34)(H,31,33)(H,29,30,32)/t12?,13-,15?,16?/m1/s1. The van der Waals surface area contributed by atoms with Crippen molar-refractivity contribution < 1.29 is 22.7 Å². The molecule has 3 aliphatic rings. The third-order valence-electron chi connectivity index (χ3n) is 7.11. The van der Waals surface area contributed by atoms with E-state index in [2.05, 4.69) is 20.6 Å². The molecule has 1 aromatic heterocycles. The molecule has 1 aromatic carbocycles. The number of hydrogen-bond acceptors (Lipinski definition) is 6. The fourth-order valence-electron chi connectivity index (χ4n) is 5.12. The summed E-state index contributed by atoms with van der Waals surface area (Å²) in [6, 6.07) is 1.39. The van der Waals surface area contributed by atoms with E-state index in [0.29, 0.717) is 49.2 Å². The molecule has 8 nitrogen and oxygen atoms in total. The number of nitrogens with two attached hydrogens (primary N) is 1. The van der Waals surface area contributed by atoms with Crippen molar-refractivity contribution in [2.75, 3.05) is 23.8 Å². The predicted octanol–water partition coefficient (Wildman–Crippen LogP) is 3.70. The third kappa shape index (κ3) is 5.09. The molecule has 3 heterocycles. The minimum atomic E-state index is -1.06. The quantitative estimate of drug-likeness (QED) is 0.591. The van der Waals surface area contributed by atoms with Crippen molar-refractivity contribution >= 4 is 29.1 Å². The van der Waals surface area contributed by atoms with Gasteiger partial charge in [0.25, 0.3) is 0 Å². The number of amides is 1. The summed E-state index contributed by atoms with van der Waals surface area (Å²) in [7, 11) is 0. The maximum Gasteiger partial charge on any atom is 0.223 e.